The van der Waals surface area contributed by atoms with Crippen molar-refractivity contribution in [3.63, 3.8) is 0 Å². The van der Waals surface area contributed by atoms with Crippen molar-refractivity contribution in [1.29, 1.82) is 0 Å². The predicted molar refractivity (Wildman–Crippen MR) is 127 cm³/mol. The summed E-state index contributed by atoms with van der Waals surface area (Å²) in [6.45, 7) is 13.8. The topological polar surface area (TPSA) is 17.1 Å². The van der Waals surface area contributed by atoms with E-state index in [1.54, 1.807) is 0 Å². The van der Waals surface area contributed by atoms with Crippen LogP contribution in [0.15, 0.2) is 54.6 Å². The summed E-state index contributed by atoms with van der Waals surface area (Å²) >= 11 is 0. The fraction of sp³-hybridized carbons (Fsp3) is 0.464. The second-order valence-corrected chi connectivity index (χ2v) is 10.3. The minimum atomic E-state index is 0.454. The average molecular weight is 389 g/mol. The van der Waals surface area contributed by atoms with Crippen molar-refractivity contribution in [2.45, 2.75) is 66.7 Å². The van der Waals surface area contributed by atoms with Crippen molar-refractivity contribution in [3.8, 4) is 0 Å². The molecule has 2 aliphatic rings. The first kappa shape index (κ1) is 21.6. The number of hydrogen-bond donors (Lipinski definition) is 0. The summed E-state index contributed by atoms with van der Waals surface area (Å²) < 4.78 is 0. The highest BCUT2D eigenvalue weighted by molar-refractivity contribution is 5.99. The van der Waals surface area contributed by atoms with E-state index in [1.807, 2.05) is 0 Å². The Morgan fingerprint density at radius 2 is 1.34 bits per heavy atom. The third-order valence-electron chi connectivity index (χ3n) is 6.81. The van der Waals surface area contributed by atoms with Crippen molar-refractivity contribution in [2.24, 2.45) is 16.7 Å². The Kier molecular flexibility index (Phi) is 6.17. The third-order valence-corrected chi connectivity index (χ3v) is 6.81. The predicted octanol–water partition coefficient (Wildman–Crippen LogP) is 8.15. The SMILES string of the molecule is CC(C)c1cccc2cc3ccccc3cc12.CC1(C)CC1(C)C.O=CC1CC1. The lowest BCUT2D eigenvalue weighted by molar-refractivity contribution is -0.108. The van der Waals surface area contributed by atoms with Crippen molar-refractivity contribution in [2.75, 3.05) is 0 Å². The molecule has 3 aromatic carbocycles. The molecule has 2 saturated carbocycles. The molecule has 0 N–H and O–H groups in total. The standard InChI is InChI=1S/C17H16.C7H14.C4H6O/c1-12(2)16-9-5-8-15-10-13-6-3-4-7-14(13)11-17(15)16;1-6(2)5-7(6,3)4;5-3-4-1-2-4/h3-12H,1-2H3;5H2,1-4H3;3-4H,1-2H2. The summed E-state index contributed by atoms with van der Waals surface area (Å²) in [6, 6.07) is 19.8. The second kappa shape index (κ2) is 8.30. The van der Waals surface area contributed by atoms with Gasteiger partial charge in [-0.15, -0.1) is 0 Å². The smallest absolute Gasteiger partial charge is 0.123 e. The highest BCUT2D eigenvalue weighted by atomic mass is 16.1. The van der Waals surface area contributed by atoms with Crippen LogP contribution in [-0.4, -0.2) is 6.29 Å². The van der Waals surface area contributed by atoms with Crippen LogP contribution in [0.1, 0.15) is 72.3 Å². The number of benzene rings is 3. The Hall–Kier alpha value is -2.15. The van der Waals surface area contributed by atoms with Crippen LogP contribution < -0.4 is 0 Å². The van der Waals surface area contributed by atoms with E-state index in [-0.39, 0.29) is 0 Å². The molecule has 0 aromatic heterocycles. The summed E-state index contributed by atoms with van der Waals surface area (Å²) in [4.78, 5) is 9.57. The van der Waals surface area contributed by atoms with Gasteiger partial charge < -0.3 is 4.79 Å². The van der Waals surface area contributed by atoms with Crippen LogP contribution in [0.5, 0.6) is 0 Å². The van der Waals surface area contributed by atoms with Gasteiger partial charge in [-0.25, -0.2) is 0 Å². The maximum Gasteiger partial charge on any atom is 0.123 e. The molecule has 1 heteroatoms. The monoisotopic (exact) mass is 388 g/mol. The number of fused-ring (bicyclic) bond motifs is 2. The fourth-order valence-corrected chi connectivity index (χ4v) is 3.79. The molecule has 0 amide bonds. The third kappa shape index (κ3) is 5.26. The maximum absolute atomic E-state index is 9.57. The average Bonchev–Trinajstić information content (AvgIpc) is 3.57. The Morgan fingerprint density at radius 3 is 1.76 bits per heavy atom. The maximum atomic E-state index is 9.57. The highest BCUT2D eigenvalue weighted by Crippen LogP contribution is 2.62. The molecule has 154 valence electrons. The number of hydrogen-bond acceptors (Lipinski definition) is 1. The molecule has 0 heterocycles. The van der Waals surface area contributed by atoms with E-state index in [9.17, 15) is 4.79 Å². The molecule has 2 aliphatic carbocycles. The Labute approximate surface area is 176 Å². The first-order valence-electron chi connectivity index (χ1n) is 11.0. The largest absolute Gasteiger partial charge is 0.303 e. The number of carbonyl (C=O) groups excluding carboxylic acids is 1. The van der Waals surface area contributed by atoms with Crippen molar-refractivity contribution < 1.29 is 4.79 Å². The first-order chi connectivity index (χ1) is 13.6. The van der Waals surface area contributed by atoms with Gasteiger partial charge in [-0.2, -0.15) is 0 Å². The van der Waals surface area contributed by atoms with Crippen LogP contribution in [-0.2, 0) is 4.79 Å². The van der Waals surface area contributed by atoms with E-state index < -0.39 is 0 Å². The molecular formula is C28H36O. The van der Waals surface area contributed by atoms with Crippen molar-refractivity contribution in [1.82, 2.24) is 0 Å². The van der Waals surface area contributed by atoms with Gasteiger partial charge in [-0.1, -0.05) is 84.0 Å². The van der Waals surface area contributed by atoms with E-state index in [2.05, 4.69) is 96.1 Å². The van der Waals surface area contributed by atoms with Crippen LogP contribution in [0, 0.1) is 16.7 Å². The van der Waals surface area contributed by atoms with E-state index in [0.29, 0.717) is 22.7 Å². The highest BCUT2D eigenvalue weighted by Gasteiger charge is 2.53. The summed E-state index contributed by atoms with van der Waals surface area (Å²) in [5, 5.41) is 5.38. The van der Waals surface area contributed by atoms with E-state index >= 15 is 0 Å². The minimum absolute atomic E-state index is 0.454. The lowest BCUT2D eigenvalue weighted by atomic mass is 9.94. The van der Waals surface area contributed by atoms with Crippen LogP contribution >= 0.6 is 0 Å². The van der Waals surface area contributed by atoms with Crippen LogP contribution in [0.25, 0.3) is 21.5 Å². The summed E-state index contributed by atoms with van der Waals surface area (Å²) in [6.07, 6.45) is 4.72. The normalized spacial score (nSPS) is 18.4. The molecule has 3 aromatic rings. The molecule has 0 spiro atoms. The molecule has 0 atom stereocenters. The van der Waals surface area contributed by atoms with E-state index in [1.165, 1.54) is 33.5 Å². The molecular weight excluding hydrogens is 352 g/mol. The van der Waals surface area contributed by atoms with Crippen LogP contribution in [0.4, 0.5) is 0 Å². The molecule has 0 unspecified atom stereocenters. The van der Waals surface area contributed by atoms with Crippen LogP contribution in [0.3, 0.4) is 0 Å². The Balaban J connectivity index is 0.000000164. The summed E-state index contributed by atoms with van der Waals surface area (Å²) in [7, 11) is 0. The first-order valence-corrected chi connectivity index (χ1v) is 11.0. The molecule has 0 aliphatic heterocycles. The van der Waals surface area contributed by atoms with Gasteiger partial charge in [0.25, 0.3) is 0 Å². The molecule has 29 heavy (non-hydrogen) atoms. The van der Waals surface area contributed by atoms with Gasteiger partial charge in [-0.3, -0.25) is 0 Å². The lowest BCUT2D eigenvalue weighted by Crippen LogP contribution is -1.95. The zero-order valence-electron chi connectivity index (χ0n) is 19.0. The van der Waals surface area contributed by atoms with E-state index in [4.69, 9.17) is 0 Å². The number of aldehydes is 1. The van der Waals surface area contributed by atoms with Gasteiger partial charge in [0, 0.05) is 5.92 Å². The van der Waals surface area contributed by atoms with Crippen molar-refractivity contribution >= 4 is 27.8 Å². The van der Waals surface area contributed by atoms with Gasteiger partial charge in [0.1, 0.15) is 6.29 Å². The molecule has 2 fully saturated rings. The summed E-state index contributed by atoms with van der Waals surface area (Å²) in [5.74, 6) is 1.02. The lowest BCUT2D eigenvalue weighted by Gasteiger charge is -2.11. The van der Waals surface area contributed by atoms with Gasteiger partial charge >= 0.3 is 0 Å². The zero-order chi connectivity index (χ0) is 21.2. The van der Waals surface area contributed by atoms with E-state index in [0.717, 1.165) is 19.1 Å². The molecule has 0 saturated heterocycles. The number of carbonyl (C=O) groups is 1. The molecule has 5 rings (SSSR count). The molecule has 1 nitrogen and oxygen atoms in total. The van der Waals surface area contributed by atoms with Crippen LogP contribution in [0.2, 0.25) is 0 Å². The second-order valence-electron chi connectivity index (χ2n) is 10.3. The number of rotatable bonds is 2. The fourth-order valence-electron chi connectivity index (χ4n) is 3.79. The van der Waals surface area contributed by atoms with Gasteiger partial charge in [-0.05, 0) is 75.3 Å². The van der Waals surface area contributed by atoms with Gasteiger partial charge in [0.15, 0.2) is 0 Å². The Morgan fingerprint density at radius 1 is 0.828 bits per heavy atom. The van der Waals surface area contributed by atoms with Gasteiger partial charge in [0.05, 0.1) is 0 Å². The zero-order valence-corrected chi connectivity index (χ0v) is 19.0. The minimum Gasteiger partial charge on any atom is -0.303 e. The molecule has 0 bridgehead atoms. The quantitative estimate of drug-likeness (QED) is 0.320. The van der Waals surface area contributed by atoms with Crippen molar-refractivity contribution in [3.05, 3.63) is 60.2 Å². The molecule has 0 radical (unpaired) electrons. The summed E-state index contributed by atoms with van der Waals surface area (Å²) in [5.41, 5.74) is 2.73. The Bertz CT molecular complexity index is 978. The van der Waals surface area contributed by atoms with Gasteiger partial charge in [0.2, 0.25) is 0 Å².